The first-order valence-corrected chi connectivity index (χ1v) is 5.52. The van der Waals surface area contributed by atoms with E-state index in [1.54, 1.807) is 12.1 Å². The minimum atomic E-state index is -2.14. The van der Waals surface area contributed by atoms with Gasteiger partial charge in [0.2, 0.25) is 0 Å². The minimum absolute atomic E-state index is 0.400. The topological polar surface area (TPSA) is 40.1 Å². The zero-order valence-corrected chi connectivity index (χ0v) is 8.97. The fourth-order valence-electron chi connectivity index (χ4n) is 1.32. The van der Waals surface area contributed by atoms with Crippen LogP contribution in [0, 0.1) is 6.92 Å². The molecule has 0 spiro atoms. The van der Waals surface area contributed by atoms with Gasteiger partial charge in [-0.15, -0.1) is 6.58 Å². The lowest BCUT2D eigenvalue weighted by Crippen LogP contribution is -1.97. The summed E-state index contributed by atoms with van der Waals surface area (Å²) in [6, 6.07) is 5.37. The fraction of sp³-hybridized carbons (Fsp3) is 0.273. The van der Waals surface area contributed by atoms with E-state index in [0.29, 0.717) is 4.90 Å². The summed E-state index contributed by atoms with van der Waals surface area (Å²) >= 11 is -2.14. The smallest absolute Gasteiger partial charge is 0.0281 e. The van der Waals surface area contributed by atoms with E-state index < -0.39 is 11.1 Å². The van der Waals surface area contributed by atoms with Crippen LogP contribution in [0.2, 0.25) is 0 Å². The zero-order chi connectivity index (χ0) is 10.6. The third-order valence-corrected chi connectivity index (χ3v) is 2.77. The maximum absolute atomic E-state index is 10.9. The van der Waals surface area contributed by atoms with Crippen LogP contribution >= 0.6 is 0 Å². The molecule has 0 aliphatic carbocycles. The van der Waals surface area contributed by atoms with Crippen LogP contribution in [0.4, 0.5) is 0 Å². The van der Waals surface area contributed by atoms with Crippen molar-refractivity contribution in [2.45, 2.75) is 24.7 Å². The van der Waals surface area contributed by atoms with E-state index >= 15 is 0 Å². The predicted octanol–water partition coefficient (Wildman–Crippen LogP) is 2.35. The second kappa shape index (κ2) is 5.08. The van der Waals surface area contributed by atoms with Gasteiger partial charge < -0.3 is 4.55 Å². The molecule has 0 amide bonds. The molecular formula is C11H13O2S-. The van der Waals surface area contributed by atoms with Gasteiger partial charge >= 0.3 is 0 Å². The van der Waals surface area contributed by atoms with Crippen LogP contribution < -0.4 is 0 Å². The third kappa shape index (κ3) is 2.79. The Kier molecular flexibility index (Phi) is 4.04. The average Bonchev–Trinajstić information content (AvgIpc) is 2.14. The largest absolute Gasteiger partial charge is 0.768 e. The summed E-state index contributed by atoms with van der Waals surface area (Å²) in [5.41, 5.74) is 1.96. The number of hydrogen-bond acceptors (Lipinski definition) is 2. The summed E-state index contributed by atoms with van der Waals surface area (Å²) in [6.07, 6.45) is 3.32. The number of benzene rings is 1. The van der Waals surface area contributed by atoms with E-state index in [9.17, 15) is 8.76 Å². The molecule has 76 valence electrons. The van der Waals surface area contributed by atoms with Crippen LogP contribution in [-0.2, 0) is 17.5 Å². The summed E-state index contributed by atoms with van der Waals surface area (Å²) in [4.78, 5) is 0.400. The summed E-state index contributed by atoms with van der Waals surface area (Å²) in [6.45, 7) is 5.57. The lowest BCUT2D eigenvalue weighted by atomic mass is 10.1. The van der Waals surface area contributed by atoms with Crippen molar-refractivity contribution in [3.63, 3.8) is 0 Å². The van der Waals surface area contributed by atoms with Crippen LogP contribution in [-0.4, -0.2) is 8.76 Å². The molecule has 14 heavy (non-hydrogen) atoms. The Labute approximate surface area is 86.9 Å². The van der Waals surface area contributed by atoms with Gasteiger partial charge in [-0.1, -0.05) is 23.8 Å². The highest BCUT2D eigenvalue weighted by Gasteiger charge is 2.02. The highest BCUT2D eigenvalue weighted by molar-refractivity contribution is 7.79. The van der Waals surface area contributed by atoms with Crippen molar-refractivity contribution in [1.82, 2.24) is 0 Å². The molecule has 2 nitrogen and oxygen atoms in total. The van der Waals surface area contributed by atoms with Crippen LogP contribution in [0.3, 0.4) is 0 Å². The van der Waals surface area contributed by atoms with Gasteiger partial charge in [-0.05, 0) is 42.5 Å². The van der Waals surface area contributed by atoms with Crippen LogP contribution in [0.1, 0.15) is 17.5 Å². The minimum Gasteiger partial charge on any atom is -0.768 e. The van der Waals surface area contributed by atoms with Crippen molar-refractivity contribution in [2.75, 3.05) is 0 Å². The Bertz CT molecular complexity index is 358. The molecule has 1 aromatic carbocycles. The molecule has 0 aromatic heterocycles. The molecule has 0 bridgehead atoms. The van der Waals surface area contributed by atoms with Crippen molar-refractivity contribution < 1.29 is 8.76 Å². The summed E-state index contributed by atoms with van der Waals surface area (Å²) in [5.74, 6) is 0. The highest BCUT2D eigenvalue weighted by atomic mass is 32.2. The van der Waals surface area contributed by atoms with E-state index in [1.165, 1.54) is 0 Å². The molecule has 0 saturated carbocycles. The van der Waals surface area contributed by atoms with Gasteiger partial charge in [0.15, 0.2) is 0 Å². The number of allylic oxidation sites excluding steroid dienone is 1. The second-order valence-corrected chi connectivity index (χ2v) is 4.08. The van der Waals surface area contributed by atoms with Crippen molar-refractivity contribution in [3.8, 4) is 0 Å². The van der Waals surface area contributed by atoms with E-state index in [1.807, 2.05) is 19.1 Å². The Hall–Kier alpha value is -0.930. The molecule has 0 aliphatic rings. The molecule has 0 heterocycles. The van der Waals surface area contributed by atoms with Crippen molar-refractivity contribution in [1.29, 1.82) is 0 Å². The lowest BCUT2D eigenvalue weighted by molar-refractivity contribution is 0.536. The quantitative estimate of drug-likeness (QED) is 0.564. The van der Waals surface area contributed by atoms with Gasteiger partial charge in [0.05, 0.1) is 0 Å². The average molecular weight is 209 g/mol. The Balaban J connectivity index is 3.02. The van der Waals surface area contributed by atoms with E-state index in [4.69, 9.17) is 0 Å². The van der Waals surface area contributed by atoms with Gasteiger partial charge in [-0.3, -0.25) is 4.21 Å². The monoisotopic (exact) mass is 209 g/mol. The normalized spacial score (nSPS) is 12.4. The first-order valence-electron chi connectivity index (χ1n) is 4.45. The second-order valence-electron chi connectivity index (χ2n) is 3.17. The van der Waals surface area contributed by atoms with Gasteiger partial charge in [0.1, 0.15) is 0 Å². The van der Waals surface area contributed by atoms with Crippen molar-refractivity contribution >= 4 is 11.1 Å². The molecule has 1 rings (SSSR count). The molecule has 1 unspecified atom stereocenters. The molecular weight excluding hydrogens is 196 g/mol. The first kappa shape index (κ1) is 11.1. The molecule has 1 aromatic rings. The van der Waals surface area contributed by atoms with Crippen LogP contribution in [0.5, 0.6) is 0 Å². The fourth-order valence-corrected chi connectivity index (χ4v) is 1.88. The van der Waals surface area contributed by atoms with Gasteiger partial charge in [-0.25, -0.2) is 0 Å². The summed E-state index contributed by atoms with van der Waals surface area (Å²) in [7, 11) is 0. The molecule has 0 N–H and O–H groups in total. The Morgan fingerprint density at radius 1 is 1.57 bits per heavy atom. The molecule has 3 heteroatoms. The Morgan fingerprint density at radius 3 is 2.86 bits per heavy atom. The van der Waals surface area contributed by atoms with Crippen LogP contribution in [0.15, 0.2) is 35.7 Å². The zero-order valence-electron chi connectivity index (χ0n) is 8.16. The Morgan fingerprint density at radius 2 is 2.29 bits per heavy atom. The van der Waals surface area contributed by atoms with Crippen molar-refractivity contribution in [3.05, 3.63) is 42.0 Å². The lowest BCUT2D eigenvalue weighted by Gasteiger charge is -2.11. The highest BCUT2D eigenvalue weighted by Crippen LogP contribution is 2.16. The van der Waals surface area contributed by atoms with Gasteiger partial charge in [-0.2, -0.15) is 0 Å². The molecule has 0 fully saturated rings. The van der Waals surface area contributed by atoms with E-state index in [-0.39, 0.29) is 0 Å². The molecule has 1 atom stereocenters. The van der Waals surface area contributed by atoms with E-state index in [0.717, 1.165) is 24.0 Å². The maximum atomic E-state index is 10.9. The molecule has 0 saturated heterocycles. The van der Waals surface area contributed by atoms with Gasteiger partial charge in [0, 0.05) is 4.90 Å². The maximum Gasteiger partial charge on any atom is 0.0281 e. The number of rotatable bonds is 4. The first-order chi connectivity index (χ1) is 6.65. The predicted molar refractivity (Wildman–Crippen MR) is 56.9 cm³/mol. The molecule has 0 aliphatic heterocycles. The number of aryl methyl sites for hydroxylation is 2. The standard InChI is InChI=1S/C11H14O2S/c1-3-4-5-10-8-9(2)6-7-11(10)14(12)13/h3,6-8H,1,4-5H2,2H3,(H,12,13)/p-1. The van der Waals surface area contributed by atoms with E-state index in [2.05, 4.69) is 6.58 Å². The van der Waals surface area contributed by atoms with Crippen LogP contribution in [0.25, 0.3) is 0 Å². The third-order valence-electron chi connectivity index (χ3n) is 2.01. The molecule has 0 radical (unpaired) electrons. The van der Waals surface area contributed by atoms with Crippen molar-refractivity contribution in [2.24, 2.45) is 0 Å². The summed E-state index contributed by atoms with van der Waals surface area (Å²) < 4.78 is 21.7. The van der Waals surface area contributed by atoms with Gasteiger partial charge in [0.25, 0.3) is 0 Å². The number of hydrogen-bond donors (Lipinski definition) is 0. The summed E-state index contributed by atoms with van der Waals surface area (Å²) in [5, 5.41) is 0. The SMILES string of the molecule is C=CCCc1cc(C)ccc1S(=O)[O-].